The molecule has 0 bridgehead atoms. The number of ether oxygens (including phenoxy) is 2. The fourth-order valence-corrected chi connectivity index (χ4v) is 3.37. The number of nitrogens with one attached hydrogen (secondary N) is 1. The lowest BCUT2D eigenvalue weighted by Gasteiger charge is -2.14. The molecule has 1 aliphatic heterocycles. The number of hydrogen-bond donors (Lipinski definition) is 1. The number of methoxy groups -OCH3 is 1. The molecule has 1 N–H and O–H groups in total. The highest BCUT2D eigenvalue weighted by atomic mass is 16.5. The van der Waals surface area contributed by atoms with Crippen molar-refractivity contribution in [1.29, 1.82) is 0 Å². The van der Waals surface area contributed by atoms with E-state index in [1.807, 2.05) is 63.2 Å². The van der Waals surface area contributed by atoms with Crippen molar-refractivity contribution in [3.05, 3.63) is 64.9 Å². The molecule has 0 saturated carbocycles. The van der Waals surface area contributed by atoms with Gasteiger partial charge in [-0.05, 0) is 56.2 Å². The third kappa shape index (κ3) is 4.32. The van der Waals surface area contributed by atoms with Crippen LogP contribution in [0.1, 0.15) is 23.6 Å². The molecule has 0 radical (unpaired) electrons. The number of rotatable bonds is 8. The van der Waals surface area contributed by atoms with E-state index < -0.39 is 0 Å². The fourth-order valence-electron chi connectivity index (χ4n) is 3.37. The van der Waals surface area contributed by atoms with Crippen molar-refractivity contribution in [2.24, 2.45) is 0 Å². The lowest BCUT2D eigenvalue weighted by Crippen LogP contribution is -2.35. The summed E-state index contributed by atoms with van der Waals surface area (Å²) in [6.07, 6.45) is 0. The topological polar surface area (TPSA) is 67.9 Å². The summed E-state index contributed by atoms with van der Waals surface area (Å²) in [5, 5.41) is 3.16. The highest BCUT2D eigenvalue weighted by molar-refractivity contribution is 6.36. The molecule has 29 heavy (non-hydrogen) atoms. The van der Waals surface area contributed by atoms with Gasteiger partial charge >= 0.3 is 0 Å². The van der Waals surface area contributed by atoms with E-state index >= 15 is 0 Å². The summed E-state index contributed by atoms with van der Waals surface area (Å²) in [5.41, 5.74) is 4.17. The Morgan fingerprint density at radius 2 is 1.72 bits per heavy atom. The van der Waals surface area contributed by atoms with Gasteiger partial charge in [-0.1, -0.05) is 23.8 Å². The van der Waals surface area contributed by atoms with E-state index in [1.165, 1.54) is 4.90 Å². The Morgan fingerprint density at radius 3 is 2.34 bits per heavy atom. The van der Waals surface area contributed by atoms with Gasteiger partial charge < -0.3 is 14.8 Å². The van der Waals surface area contributed by atoms with Gasteiger partial charge in [0.2, 0.25) is 0 Å². The van der Waals surface area contributed by atoms with Gasteiger partial charge in [-0.3, -0.25) is 14.5 Å². The van der Waals surface area contributed by atoms with Crippen LogP contribution in [0.25, 0.3) is 5.57 Å². The van der Waals surface area contributed by atoms with Gasteiger partial charge in [-0.25, -0.2) is 0 Å². The molecule has 2 aromatic carbocycles. The first-order chi connectivity index (χ1) is 14.0. The summed E-state index contributed by atoms with van der Waals surface area (Å²) in [6.45, 7) is 6.93. The number of benzene rings is 2. The molecule has 152 valence electrons. The normalized spacial score (nSPS) is 14.0. The number of amides is 2. The second-order valence-corrected chi connectivity index (χ2v) is 6.91. The van der Waals surface area contributed by atoms with Crippen LogP contribution >= 0.6 is 0 Å². The smallest absolute Gasteiger partial charge is 0.278 e. The van der Waals surface area contributed by atoms with Gasteiger partial charge in [0.1, 0.15) is 11.4 Å². The largest absolute Gasteiger partial charge is 0.494 e. The van der Waals surface area contributed by atoms with Crippen LogP contribution in [-0.4, -0.2) is 43.6 Å². The number of anilines is 1. The average Bonchev–Trinajstić information content (AvgIpc) is 2.92. The van der Waals surface area contributed by atoms with Gasteiger partial charge in [-0.2, -0.15) is 0 Å². The molecule has 0 unspecified atom stereocenters. The molecule has 0 atom stereocenters. The maximum Gasteiger partial charge on any atom is 0.278 e. The Kier molecular flexibility index (Phi) is 6.34. The monoisotopic (exact) mass is 394 g/mol. The lowest BCUT2D eigenvalue weighted by molar-refractivity contribution is -0.137. The molecule has 0 aliphatic carbocycles. The Bertz CT molecular complexity index is 948. The molecule has 3 rings (SSSR count). The summed E-state index contributed by atoms with van der Waals surface area (Å²) < 4.78 is 10.5. The second-order valence-electron chi connectivity index (χ2n) is 6.91. The van der Waals surface area contributed by atoms with E-state index in [-0.39, 0.29) is 30.7 Å². The molecule has 6 nitrogen and oxygen atoms in total. The van der Waals surface area contributed by atoms with E-state index in [4.69, 9.17) is 9.47 Å². The van der Waals surface area contributed by atoms with Crippen LogP contribution in [0.3, 0.4) is 0 Å². The molecule has 6 heteroatoms. The van der Waals surface area contributed by atoms with Crippen LogP contribution in [0, 0.1) is 13.8 Å². The first-order valence-electron chi connectivity index (χ1n) is 9.63. The quantitative estimate of drug-likeness (QED) is 0.694. The zero-order chi connectivity index (χ0) is 21.0. The van der Waals surface area contributed by atoms with Gasteiger partial charge in [0, 0.05) is 12.8 Å². The number of carbonyl (C=O) groups excluding carboxylic acids is 2. The Labute approximate surface area is 171 Å². The zero-order valence-corrected chi connectivity index (χ0v) is 17.2. The lowest BCUT2D eigenvalue weighted by atomic mass is 9.97. The molecule has 1 aliphatic rings. The Balaban J connectivity index is 2.01. The van der Waals surface area contributed by atoms with Crippen LogP contribution in [0.15, 0.2) is 48.2 Å². The molecular formula is C23H26N2O4. The predicted molar refractivity (Wildman–Crippen MR) is 113 cm³/mol. The first-order valence-corrected chi connectivity index (χ1v) is 9.63. The highest BCUT2D eigenvalue weighted by Crippen LogP contribution is 2.32. The molecule has 2 amide bonds. The SMILES string of the molecule is CCOc1ccc(NC2=C(c3ccc(C)cc3C)C(=O)N(CCOC)C2=O)cc1. The highest BCUT2D eigenvalue weighted by Gasteiger charge is 2.39. The summed E-state index contributed by atoms with van der Waals surface area (Å²) in [6, 6.07) is 13.2. The third-order valence-corrected chi connectivity index (χ3v) is 4.77. The van der Waals surface area contributed by atoms with Crippen LogP contribution in [0.2, 0.25) is 0 Å². The third-order valence-electron chi connectivity index (χ3n) is 4.77. The molecular weight excluding hydrogens is 368 g/mol. The standard InChI is InChI=1S/C23H26N2O4/c1-5-29-18-9-7-17(8-10-18)24-21-20(19-11-6-15(2)14-16(19)3)22(26)25(23(21)27)12-13-28-4/h6-11,14,24H,5,12-13H2,1-4H3. The minimum absolute atomic E-state index is 0.205. The number of aryl methyl sites for hydroxylation is 2. The maximum absolute atomic E-state index is 13.1. The zero-order valence-electron chi connectivity index (χ0n) is 17.2. The Hall–Kier alpha value is -3.12. The minimum Gasteiger partial charge on any atom is -0.494 e. The van der Waals surface area contributed by atoms with Gasteiger partial charge in [-0.15, -0.1) is 0 Å². The summed E-state index contributed by atoms with van der Waals surface area (Å²) in [4.78, 5) is 27.4. The summed E-state index contributed by atoms with van der Waals surface area (Å²) in [5.74, 6) is 0.0838. The molecule has 0 fully saturated rings. The fraction of sp³-hybridized carbons (Fsp3) is 0.304. The van der Waals surface area contributed by atoms with E-state index in [2.05, 4.69) is 5.32 Å². The van der Waals surface area contributed by atoms with Crippen molar-refractivity contribution in [3.8, 4) is 5.75 Å². The first kappa shape index (κ1) is 20.6. The van der Waals surface area contributed by atoms with Crippen molar-refractivity contribution in [1.82, 2.24) is 4.90 Å². The molecule has 2 aromatic rings. The summed E-state index contributed by atoms with van der Waals surface area (Å²) in [7, 11) is 1.54. The van der Waals surface area contributed by atoms with E-state index in [1.54, 1.807) is 7.11 Å². The number of imide groups is 1. The van der Waals surface area contributed by atoms with Crippen molar-refractivity contribution in [2.45, 2.75) is 20.8 Å². The minimum atomic E-state index is -0.351. The van der Waals surface area contributed by atoms with Gasteiger partial charge in [0.25, 0.3) is 11.8 Å². The van der Waals surface area contributed by atoms with Crippen molar-refractivity contribution < 1.29 is 19.1 Å². The van der Waals surface area contributed by atoms with Crippen molar-refractivity contribution in [3.63, 3.8) is 0 Å². The number of hydrogen-bond acceptors (Lipinski definition) is 5. The van der Waals surface area contributed by atoms with Gasteiger partial charge in [0.05, 0.1) is 25.3 Å². The van der Waals surface area contributed by atoms with Crippen molar-refractivity contribution >= 4 is 23.1 Å². The number of carbonyl (C=O) groups is 2. The van der Waals surface area contributed by atoms with E-state index in [0.717, 1.165) is 22.4 Å². The molecule has 0 spiro atoms. The van der Waals surface area contributed by atoms with Crippen LogP contribution in [0.4, 0.5) is 5.69 Å². The molecule has 0 aromatic heterocycles. The predicted octanol–water partition coefficient (Wildman–Crippen LogP) is 3.54. The van der Waals surface area contributed by atoms with Crippen LogP contribution < -0.4 is 10.1 Å². The second kappa shape index (κ2) is 8.92. The van der Waals surface area contributed by atoms with Crippen LogP contribution in [0.5, 0.6) is 5.75 Å². The average molecular weight is 394 g/mol. The maximum atomic E-state index is 13.1. The molecule has 1 heterocycles. The summed E-state index contributed by atoms with van der Waals surface area (Å²) >= 11 is 0. The van der Waals surface area contributed by atoms with E-state index in [9.17, 15) is 9.59 Å². The molecule has 0 saturated heterocycles. The Morgan fingerprint density at radius 1 is 1.00 bits per heavy atom. The van der Waals surface area contributed by atoms with Gasteiger partial charge in [0.15, 0.2) is 0 Å². The van der Waals surface area contributed by atoms with Crippen molar-refractivity contribution in [2.75, 3.05) is 32.2 Å². The number of nitrogens with zero attached hydrogens (tertiary/aromatic N) is 1. The van der Waals surface area contributed by atoms with E-state index in [0.29, 0.717) is 17.9 Å². The van der Waals surface area contributed by atoms with Crippen LogP contribution in [-0.2, 0) is 14.3 Å².